The molecule has 2 saturated heterocycles. The number of carbonyl (C=O) groups is 3. The van der Waals surface area contributed by atoms with E-state index in [0.717, 1.165) is 12.8 Å². The van der Waals surface area contributed by atoms with Crippen LogP contribution in [0, 0.1) is 24.7 Å². The number of nitrogens with two attached hydrogens (primary N) is 1. The van der Waals surface area contributed by atoms with E-state index in [1.807, 2.05) is 19.9 Å². The van der Waals surface area contributed by atoms with Crippen LogP contribution < -0.4 is 26.1 Å². The molecule has 0 unspecified atom stereocenters. The zero-order valence-electron chi connectivity index (χ0n) is 35.4. The van der Waals surface area contributed by atoms with Crippen molar-refractivity contribution in [1.29, 1.82) is 0 Å². The number of hydrogen-bond acceptors (Lipinski definition) is 14. The minimum Gasteiger partial charge on any atom is -0.507 e. The lowest BCUT2D eigenvalue weighted by molar-refractivity contribution is -0.159. The summed E-state index contributed by atoms with van der Waals surface area (Å²) < 4.78 is 31.1. The third kappa shape index (κ3) is 7.37. The number of benzene rings is 3. The number of allylic oxidation sites excluding steroid dienone is 3. The molecule has 2 aromatic rings. The fourth-order valence-electron chi connectivity index (χ4n) is 9.15. The van der Waals surface area contributed by atoms with Gasteiger partial charge in [0.05, 0.1) is 29.4 Å². The first-order valence-electron chi connectivity index (χ1n) is 20.9. The molecule has 0 spiro atoms. The van der Waals surface area contributed by atoms with Crippen molar-refractivity contribution in [1.82, 2.24) is 4.98 Å². The van der Waals surface area contributed by atoms with Crippen LogP contribution in [-0.2, 0) is 23.8 Å². The summed E-state index contributed by atoms with van der Waals surface area (Å²) in [6.45, 7) is 13.2. The van der Waals surface area contributed by atoms with Crippen molar-refractivity contribution in [3.8, 4) is 28.7 Å². The molecule has 7 atom stereocenters. The second kappa shape index (κ2) is 15.8. The molecule has 15 nitrogen and oxygen atoms in total. The SMILES string of the molecule is CC(=O)O[C@@H]1[C@H](C)C/C=C/O[C@@]2(C)Oc3c(C)c(O)c4c(=O)c(c5oc6cc(N7CCC(N)CC7)cc(O)c6nc-5c4c3C2=O)NC(=O)/C(C)=C\C=C\[C@H](C)[C@@H]2O[C@@H]1C[C@@H]2C. The topological polar surface area (TPSA) is 213 Å². The van der Waals surface area contributed by atoms with Gasteiger partial charge in [-0.05, 0) is 57.4 Å². The van der Waals surface area contributed by atoms with Crippen molar-refractivity contribution < 1.29 is 48.0 Å². The number of aromatic hydroxyl groups is 2. The predicted octanol–water partition coefficient (Wildman–Crippen LogP) is 6.76. The second-order valence-electron chi connectivity index (χ2n) is 17.2. The highest BCUT2D eigenvalue weighted by atomic mass is 16.7. The number of phenolic OH excluding ortho intramolecular Hbond substituents is 2. The molecule has 322 valence electrons. The Hall–Kier alpha value is -5.93. The maximum absolute atomic E-state index is 14.7. The van der Waals surface area contributed by atoms with Crippen LogP contribution in [0.4, 0.5) is 11.4 Å². The van der Waals surface area contributed by atoms with E-state index < -0.39 is 40.7 Å². The van der Waals surface area contributed by atoms with Gasteiger partial charge in [-0.1, -0.05) is 39.0 Å². The Bertz CT molecular complexity index is 2590. The van der Waals surface area contributed by atoms with Crippen molar-refractivity contribution in [3.05, 3.63) is 69.6 Å². The van der Waals surface area contributed by atoms with Gasteiger partial charge in [0.25, 0.3) is 11.7 Å². The molecule has 2 aromatic carbocycles. The fourth-order valence-corrected chi connectivity index (χ4v) is 9.15. The van der Waals surface area contributed by atoms with Crippen LogP contribution in [0.5, 0.6) is 17.2 Å². The summed E-state index contributed by atoms with van der Waals surface area (Å²) in [5.74, 6) is -4.81. The Morgan fingerprint density at radius 1 is 1.07 bits per heavy atom. The highest BCUT2D eigenvalue weighted by Crippen LogP contribution is 2.51. The zero-order chi connectivity index (χ0) is 43.7. The summed E-state index contributed by atoms with van der Waals surface area (Å²) in [6.07, 6.45) is 9.78. The van der Waals surface area contributed by atoms with Gasteiger partial charge in [0, 0.05) is 73.2 Å². The molecule has 1 aliphatic carbocycles. The number of Topliss-reactive ketones (excluding diaryl/α,β-unsaturated/α-hetero) is 1. The van der Waals surface area contributed by atoms with Crippen molar-refractivity contribution in [2.24, 2.45) is 23.5 Å². The minimum atomic E-state index is -1.95. The first kappa shape index (κ1) is 41.8. The van der Waals surface area contributed by atoms with Gasteiger partial charge in [-0.15, -0.1) is 0 Å². The molecule has 61 heavy (non-hydrogen) atoms. The highest BCUT2D eigenvalue weighted by molar-refractivity contribution is 6.22. The molecule has 7 bridgehead atoms. The standard InChI is InChI=1S/C46H52N4O11/c1-21-10-8-11-23(3)45(56)49-37-39(54)33-32(36-43(37)59-30-20-28(19-29(52)35(30)48-36)50-15-13-27(47)14-16-50)34-42(25(5)38(33)53)61-46(7,44(34)55)57-17-9-12-22(2)41(58-26(6)51)31-18-24(4)40(21)60-31/h8-11,17,19-22,24,27,31,40-41,52-53H,12-16,18,47H2,1-7H3,(H,49,56)/b10-8+,17-9+,23-11-/t21-,22+,24-,31+,40-,41+,46-/m0/s1. The zero-order valence-corrected chi connectivity index (χ0v) is 35.4. The second-order valence-corrected chi connectivity index (χ2v) is 17.2. The smallest absolute Gasteiger partial charge is 0.312 e. The van der Waals surface area contributed by atoms with Crippen molar-refractivity contribution >= 4 is 50.9 Å². The molecule has 9 rings (SSSR count). The van der Waals surface area contributed by atoms with Gasteiger partial charge in [-0.2, -0.15) is 0 Å². The minimum absolute atomic E-state index is 0.0187. The Balaban J connectivity index is 1.32. The van der Waals surface area contributed by atoms with Crippen molar-refractivity contribution in [2.75, 3.05) is 23.3 Å². The van der Waals surface area contributed by atoms with Gasteiger partial charge in [0.2, 0.25) is 5.43 Å². The van der Waals surface area contributed by atoms with E-state index in [4.69, 9.17) is 34.1 Å². The van der Waals surface area contributed by atoms with Gasteiger partial charge in [-0.25, -0.2) is 4.98 Å². The lowest BCUT2D eigenvalue weighted by Crippen LogP contribution is -2.39. The molecule has 1 amide bonds. The maximum atomic E-state index is 14.7. The summed E-state index contributed by atoms with van der Waals surface area (Å²) in [5.41, 5.74) is 5.92. The van der Waals surface area contributed by atoms with Crippen LogP contribution in [0.25, 0.3) is 33.3 Å². The van der Waals surface area contributed by atoms with Crippen LogP contribution in [0.3, 0.4) is 0 Å². The third-order valence-electron chi connectivity index (χ3n) is 12.6. The van der Waals surface area contributed by atoms with Gasteiger partial charge >= 0.3 is 11.8 Å². The van der Waals surface area contributed by atoms with Gasteiger partial charge in [0.1, 0.15) is 40.3 Å². The Morgan fingerprint density at radius 3 is 2.52 bits per heavy atom. The van der Waals surface area contributed by atoms with E-state index >= 15 is 0 Å². The molecular formula is C46H52N4O11. The third-order valence-corrected chi connectivity index (χ3v) is 12.6. The number of carbonyl (C=O) groups excluding carboxylic acids is 3. The molecule has 0 radical (unpaired) electrons. The summed E-state index contributed by atoms with van der Waals surface area (Å²) in [6, 6.07) is 3.33. The van der Waals surface area contributed by atoms with Crippen molar-refractivity contribution in [3.63, 3.8) is 0 Å². The number of ketones is 1. The molecule has 5 N–H and O–H groups in total. The van der Waals surface area contributed by atoms with Gasteiger partial charge in [0.15, 0.2) is 11.3 Å². The molecule has 0 aromatic heterocycles. The Labute approximate surface area is 352 Å². The number of nitrogens with zero attached hydrogens (tertiary/aromatic N) is 2. The lowest BCUT2D eigenvalue weighted by Gasteiger charge is -2.32. The van der Waals surface area contributed by atoms with Gasteiger partial charge in [-0.3, -0.25) is 19.2 Å². The average Bonchev–Trinajstić information content (AvgIpc) is 3.73. The Morgan fingerprint density at radius 2 is 1.80 bits per heavy atom. The monoisotopic (exact) mass is 836 g/mol. The number of hydrogen-bond donors (Lipinski definition) is 4. The largest absolute Gasteiger partial charge is 0.507 e. The number of aromatic nitrogens is 1. The van der Waals surface area contributed by atoms with E-state index in [0.29, 0.717) is 31.6 Å². The number of rotatable bonds is 2. The number of ether oxygens (including phenoxy) is 4. The van der Waals surface area contributed by atoms with E-state index in [9.17, 15) is 29.4 Å². The van der Waals surface area contributed by atoms with Crippen LogP contribution in [0.1, 0.15) is 83.1 Å². The average molecular weight is 837 g/mol. The number of esters is 1. The highest BCUT2D eigenvalue weighted by Gasteiger charge is 2.50. The van der Waals surface area contributed by atoms with E-state index in [-0.39, 0.29) is 103 Å². The number of piperidine rings is 1. The van der Waals surface area contributed by atoms with E-state index in [1.54, 1.807) is 37.3 Å². The molecule has 15 heteroatoms. The van der Waals surface area contributed by atoms with E-state index in [2.05, 4.69) is 17.1 Å². The fraction of sp³-hybridized carbons (Fsp3) is 0.457. The maximum Gasteiger partial charge on any atom is 0.312 e. The Kier molecular flexibility index (Phi) is 10.8. The quantitative estimate of drug-likeness (QED) is 0.0934. The summed E-state index contributed by atoms with van der Waals surface area (Å²) in [7, 11) is 0. The summed E-state index contributed by atoms with van der Waals surface area (Å²) >= 11 is 0. The van der Waals surface area contributed by atoms with E-state index in [1.165, 1.54) is 27.0 Å². The number of fused-ring (bicyclic) bond motifs is 9. The molecule has 0 saturated carbocycles. The number of anilines is 2. The van der Waals surface area contributed by atoms with Gasteiger partial charge < -0.3 is 49.5 Å². The normalized spacial score (nSPS) is 29.4. The molecule has 7 aliphatic rings. The van der Waals surface area contributed by atoms with Crippen LogP contribution in [0.2, 0.25) is 0 Å². The molecule has 6 heterocycles. The number of nitrogens with one attached hydrogen (secondary N) is 1. The first-order valence-corrected chi connectivity index (χ1v) is 20.9. The van der Waals surface area contributed by atoms with Crippen LogP contribution >= 0.6 is 0 Å². The lowest BCUT2D eigenvalue weighted by atomic mass is 9.89. The van der Waals surface area contributed by atoms with Crippen molar-refractivity contribution in [2.45, 2.75) is 104 Å². The first-order chi connectivity index (χ1) is 29.0. The predicted molar refractivity (Wildman–Crippen MR) is 228 cm³/mol. The number of amides is 1. The summed E-state index contributed by atoms with van der Waals surface area (Å²) in [5, 5.41) is 25.5. The van der Waals surface area contributed by atoms with Crippen LogP contribution in [-0.4, -0.2) is 76.1 Å². The molecule has 6 aliphatic heterocycles. The molecule has 2 fully saturated rings. The summed E-state index contributed by atoms with van der Waals surface area (Å²) in [4.78, 5) is 62.5. The molecular weight excluding hydrogens is 785 g/mol. The number of phenols is 2. The van der Waals surface area contributed by atoms with Crippen LogP contribution in [0.15, 0.2) is 57.5 Å².